The summed E-state index contributed by atoms with van der Waals surface area (Å²) >= 11 is 1.59. The van der Waals surface area contributed by atoms with Crippen LogP contribution in [0.1, 0.15) is 10.4 Å². The maximum atomic E-state index is 11.8. The molecule has 2 unspecified atom stereocenters. The van der Waals surface area contributed by atoms with Crippen molar-refractivity contribution in [3.8, 4) is 0 Å². The molecule has 68 valence electrons. The lowest BCUT2D eigenvalue weighted by atomic mass is 10.1. The predicted octanol–water partition coefficient (Wildman–Crippen LogP) is 1.82. The second kappa shape index (κ2) is 2.66. The van der Waals surface area contributed by atoms with Crippen molar-refractivity contribution >= 4 is 17.1 Å². The first-order valence-corrected chi connectivity index (χ1v) is 5.46. The summed E-state index contributed by atoms with van der Waals surface area (Å²) in [6, 6.07) is 1.92. The van der Waals surface area contributed by atoms with Crippen LogP contribution in [0.2, 0.25) is 0 Å². The second-order valence-corrected chi connectivity index (χ2v) is 4.55. The van der Waals surface area contributed by atoms with Crippen molar-refractivity contribution in [2.45, 2.75) is 0 Å². The van der Waals surface area contributed by atoms with E-state index in [1.165, 1.54) is 0 Å². The molecule has 0 aromatic carbocycles. The van der Waals surface area contributed by atoms with Crippen LogP contribution in [0.4, 0.5) is 0 Å². The molecule has 0 bridgehead atoms. The van der Waals surface area contributed by atoms with Crippen LogP contribution in [0.15, 0.2) is 16.8 Å². The van der Waals surface area contributed by atoms with Crippen molar-refractivity contribution in [1.82, 2.24) is 0 Å². The fraction of sp³-hybridized carbons (Fsp3) is 0.500. The standard InChI is InChI=1S/C10H10O2S/c11-10(6-1-2-13-5-6)9-7-3-12-4-8(7)9/h1-2,5,7-9H,3-4H2. The molecule has 1 saturated carbocycles. The number of ketones is 1. The molecule has 1 aromatic rings. The van der Waals surface area contributed by atoms with Crippen LogP contribution in [0.25, 0.3) is 0 Å². The van der Waals surface area contributed by atoms with Gasteiger partial charge in [-0.2, -0.15) is 11.3 Å². The molecule has 0 N–H and O–H groups in total. The summed E-state index contributed by atoms with van der Waals surface area (Å²) < 4.78 is 5.25. The average molecular weight is 194 g/mol. The van der Waals surface area contributed by atoms with Crippen LogP contribution in [-0.4, -0.2) is 19.0 Å². The van der Waals surface area contributed by atoms with E-state index >= 15 is 0 Å². The Kier molecular flexibility index (Phi) is 1.58. The summed E-state index contributed by atoms with van der Waals surface area (Å²) in [6.07, 6.45) is 0. The highest BCUT2D eigenvalue weighted by molar-refractivity contribution is 7.08. The topological polar surface area (TPSA) is 26.3 Å². The summed E-state index contributed by atoms with van der Waals surface area (Å²) in [6.45, 7) is 1.59. The van der Waals surface area contributed by atoms with Gasteiger partial charge in [-0.25, -0.2) is 0 Å². The number of ether oxygens (including phenoxy) is 1. The number of carbonyl (C=O) groups excluding carboxylic acids is 1. The quantitative estimate of drug-likeness (QED) is 0.671. The van der Waals surface area contributed by atoms with E-state index < -0.39 is 0 Å². The van der Waals surface area contributed by atoms with Gasteiger partial charge in [0.2, 0.25) is 0 Å². The first-order valence-electron chi connectivity index (χ1n) is 4.52. The van der Waals surface area contributed by atoms with Crippen molar-refractivity contribution in [2.75, 3.05) is 13.2 Å². The van der Waals surface area contributed by atoms with Gasteiger partial charge in [-0.1, -0.05) is 0 Å². The van der Waals surface area contributed by atoms with Crippen molar-refractivity contribution in [3.05, 3.63) is 22.4 Å². The molecule has 2 fully saturated rings. The molecule has 3 heteroatoms. The van der Waals surface area contributed by atoms with Crippen LogP contribution < -0.4 is 0 Å². The van der Waals surface area contributed by atoms with Gasteiger partial charge in [0.05, 0.1) is 13.2 Å². The Bertz CT molecular complexity index is 321. The van der Waals surface area contributed by atoms with E-state index in [0.29, 0.717) is 17.6 Å². The van der Waals surface area contributed by atoms with Gasteiger partial charge in [0, 0.05) is 16.9 Å². The zero-order chi connectivity index (χ0) is 8.84. The predicted molar refractivity (Wildman–Crippen MR) is 49.9 cm³/mol. The van der Waals surface area contributed by atoms with Gasteiger partial charge in [0.15, 0.2) is 5.78 Å². The van der Waals surface area contributed by atoms with Gasteiger partial charge >= 0.3 is 0 Å². The van der Waals surface area contributed by atoms with Gasteiger partial charge in [0.1, 0.15) is 0 Å². The monoisotopic (exact) mass is 194 g/mol. The number of fused-ring (bicyclic) bond motifs is 1. The Hall–Kier alpha value is -0.670. The summed E-state index contributed by atoms with van der Waals surface area (Å²) in [4.78, 5) is 11.8. The van der Waals surface area contributed by atoms with E-state index in [4.69, 9.17) is 4.74 Å². The molecule has 1 aliphatic heterocycles. The molecule has 1 aromatic heterocycles. The molecule has 3 rings (SSSR count). The molecule has 0 amide bonds. The molecule has 2 atom stereocenters. The van der Waals surface area contributed by atoms with Crippen LogP contribution >= 0.6 is 11.3 Å². The number of Topliss-reactive ketones (excluding diaryl/α,β-unsaturated/α-hetero) is 1. The van der Waals surface area contributed by atoms with Crippen LogP contribution in [0.3, 0.4) is 0 Å². The molecule has 0 spiro atoms. The smallest absolute Gasteiger partial charge is 0.167 e. The molecular weight excluding hydrogens is 184 g/mol. The maximum Gasteiger partial charge on any atom is 0.167 e. The zero-order valence-corrected chi connectivity index (χ0v) is 7.92. The maximum absolute atomic E-state index is 11.8. The van der Waals surface area contributed by atoms with Crippen LogP contribution in [-0.2, 0) is 4.74 Å². The fourth-order valence-electron chi connectivity index (χ4n) is 2.23. The van der Waals surface area contributed by atoms with E-state index in [-0.39, 0.29) is 5.92 Å². The lowest BCUT2D eigenvalue weighted by Gasteiger charge is -2.00. The van der Waals surface area contributed by atoms with Gasteiger partial charge in [0.25, 0.3) is 0 Å². The number of rotatable bonds is 2. The molecular formula is C10H10O2S. The molecule has 13 heavy (non-hydrogen) atoms. The lowest BCUT2D eigenvalue weighted by molar-refractivity contribution is 0.0894. The minimum absolute atomic E-state index is 0.281. The number of carbonyl (C=O) groups is 1. The highest BCUT2D eigenvalue weighted by Gasteiger charge is 2.57. The zero-order valence-electron chi connectivity index (χ0n) is 7.10. The first kappa shape index (κ1) is 7.71. The Morgan fingerprint density at radius 3 is 2.85 bits per heavy atom. The average Bonchev–Trinajstić information content (AvgIpc) is 2.68. The van der Waals surface area contributed by atoms with Crippen molar-refractivity contribution in [3.63, 3.8) is 0 Å². The number of hydrogen-bond donors (Lipinski definition) is 0. The third kappa shape index (κ3) is 1.07. The van der Waals surface area contributed by atoms with E-state index in [0.717, 1.165) is 18.8 Å². The van der Waals surface area contributed by atoms with E-state index in [9.17, 15) is 4.79 Å². The van der Waals surface area contributed by atoms with Crippen molar-refractivity contribution in [1.29, 1.82) is 0 Å². The van der Waals surface area contributed by atoms with E-state index in [1.807, 2.05) is 16.8 Å². The highest BCUT2D eigenvalue weighted by atomic mass is 32.1. The Morgan fingerprint density at radius 2 is 2.23 bits per heavy atom. The molecule has 1 aliphatic carbocycles. The third-order valence-corrected chi connectivity index (χ3v) is 3.74. The minimum Gasteiger partial charge on any atom is -0.381 e. The van der Waals surface area contributed by atoms with E-state index in [2.05, 4.69) is 0 Å². The second-order valence-electron chi connectivity index (χ2n) is 3.77. The van der Waals surface area contributed by atoms with Gasteiger partial charge in [-0.05, 0) is 23.3 Å². The third-order valence-electron chi connectivity index (χ3n) is 3.06. The highest BCUT2D eigenvalue weighted by Crippen LogP contribution is 2.52. The van der Waals surface area contributed by atoms with Crippen molar-refractivity contribution < 1.29 is 9.53 Å². The van der Waals surface area contributed by atoms with Crippen LogP contribution in [0, 0.1) is 17.8 Å². The number of thiophene rings is 1. The summed E-state index contributed by atoms with van der Waals surface area (Å²) in [5.74, 6) is 1.68. The molecule has 0 radical (unpaired) electrons. The summed E-state index contributed by atoms with van der Waals surface area (Å²) in [5, 5.41) is 3.90. The molecule has 1 saturated heterocycles. The van der Waals surface area contributed by atoms with Crippen molar-refractivity contribution in [2.24, 2.45) is 17.8 Å². The SMILES string of the molecule is O=C(c1ccsc1)C1C2COCC21. The molecule has 2 heterocycles. The van der Waals surface area contributed by atoms with Gasteiger partial charge in [-0.3, -0.25) is 4.79 Å². The Balaban J connectivity index is 1.78. The Morgan fingerprint density at radius 1 is 1.46 bits per heavy atom. The summed E-state index contributed by atoms with van der Waals surface area (Å²) in [5.41, 5.74) is 0.893. The van der Waals surface area contributed by atoms with Gasteiger partial charge < -0.3 is 4.74 Å². The Labute approximate surface area is 80.5 Å². The minimum atomic E-state index is 0.281. The van der Waals surface area contributed by atoms with Crippen LogP contribution in [0.5, 0.6) is 0 Å². The van der Waals surface area contributed by atoms with Gasteiger partial charge in [-0.15, -0.1) is 0 Å². The number of hydrogen-bond acceptors (Lipinski definition) is 3. The van der Waals surface area contributed by atoms with E-state index in [1.54, 1.807) is 11.3 Å². The first-order chi connectivity index (χ1) is 6.38. The summed E-state index contributed by atoms with van der Waals surface area (Å²) in [7, 11) is 0. The largest absolute Gasteiger partial charge is 0.381 e. The fourth-order valence-corrected chi connectivity index (χ4v) is 2.87. The lowest BCUT2D eigenvalue weighted by Crippen LogP contribution is -2.08. The molecule has 2 aliphatic rings. The molecule has 2 nitrogen and oxygen atoms in total. The normalized spacial score (nSPS) is 35.8.